The highest BCUT2D eigenvalue weighted by atomic mass is 19.1. The van der Waals surface area contributed by atoms with Crippen LogP contribution in [-0.2, 0) is 6.54 Å². The largest absolute Gasteiger partial charge is 0.338 e. The van der Waals surface area contributed by atoms with Gasteiger partial charge < -0.3 is 5.32 Å². The molecule has 0 bridgehead atoms. The number of carbonyl (C=O) groups excluding carboxylic acids is 1. The van der Waals surface area contributed by atoms with Crippen LogP contribution < -0.4 is 16.3 Å². The number of urea groups is 1. The lowest BCUT2D eigenvalue weighted by atomic mass is 10.1. The first-order chi connectivity index (χ1) is 16.5. The number of anilines is 1. The van der Waals surface area contributed by atoms with Crippen LogP contribution in [-0.4, -0.2) is 26.7 Å². The molecule has 4 rings (SSSR count). The van der Waals surface area contributed by atoms with E-state index in [1.807, 2.05) is 0 Å². The molecule has 0 aliphatic carbocycles. The van der Waals surface area contributed by atoms with E-state index in [0.29, 0.717) is 40.4 Å². The highest BCUT2D eigenvalue weighted by Gasteiger charge is 2.17. The summed E-state index contributed by atoms with van der Waals surface area (Å²) in [5.41, 5.74) is 2.43. The molecule has 8 nitrogen and oxygen atoms in total. The first-order valence-corrected chi connectivity index (χ1v) is 10.6. The molecule has 0 radical (unpaired) electrons. The van der Waals surface area contributed by atoms with Gasteiger partial charge in [0.25, 0.3) is 0 Å². The zero-order chi connectivity index (χ0) is 24.1. The van der Waals surface area contributed by atoms with Gasteiger partial charge in [-0.15, -0.1) is 0 Å². The number of carbonyl (C=O) groups is 1. The Morgan fingerprint density at radius 2 is 1.91 bits per heavy atom. The number of amides is 2. The molecule has 2 heterocycles. The van der Waals surface area contributed by atoms with Crippen molar-refractivity contribution in [3.63, 3.8) is 0 Å². The maximum absolute atomic E-state index is 13.6. The SMILES string of the molecule is CCNC(=O)Nc1cc(-c2cn(Cc3ccccc3C#N)c(=O)n2-c2ccc(F)cc2)ccn1. The fourth-order valence-corrected chi connectivity index (χ4v) is 3.58. The number of nitrogens with one attached hydrogen (secondary N) is 2. The number of halogens is 1. The van der Waals surface area contributed by atoms with Crippen LogP contribution in [0.2, 0.25) is 0 Å². The highest BCUT2D eigenvalue weighted by molar-refractivity contribution is 5.88. The van der Waals surface area contributed by atoms with Gasteiger partial charge in [-0.1, -0.05) is 18.2 Å². The van der Waals surface area contributed by atoms with Gasteiger partial charge >= 0.3 is 11.7 Å². The van der Waals surface area contributed by atoms with Crippen molar-refractivity contribution < 1.29 is 9.18 Å². The van der Waals surface area contributed by atoms with Crippen LogP contribution in [0.3, 0.4) is 0 Å². The molecule has 0 aliphatic heterocycles. The Hall–Kier alpha value is -4.71. The zero-order valence-electron chi connectivity index (χ0n) is 18.3. The van der Waals surface area contributed by atoms with Crippen molar-refractivity contribution in [2.24, 2.45) is 0 Å². The molecule has 9 heteroatoms. The molecule has 170 valence electrons. The molecule has 0 spiro atoms. The molecular weight excluding hydrogens is 435 g/mol. The van der Waals surface area contributed by atoms with E-state index >= 15 is 0 Å². The lowest BCUT2D eigenvalue weighted by Crippen LogP contribution is -2.28. The molecule has 2 aromatic heterocycles. The Bertz CT molecular complexity index is 1430. The van der Waals surface area contributed by atoms with E-state index in [0.717, 1.165) is 0 Å². The van der Waals surface area contributed by atoms with E-state index in [1.165, 1.54) is 39.6 Å². The van der Waals surface area contributed by atoms with Crippen molar-refractivity contribution in [1.82, 2.24) is 19.4 Å². The molecule has 2 N–H and O–H groups in total. The third-order valence-electron chi connectivity index (χ3n) is 5.15. The number of hydrogen-bond donors (Lipinski definition) is 2. The normalized spacial score (nSPS) is 10.5. The summed E-state index contributed by atoms with van der Waals surface area (Å²) in [7, 11) is 0. The van der Waals surface area contributed by atoms with E-state index in [4.69, 9.17) is 0 Å². The number of rotatable bonds is 6. The lowest BCUT2D eigenvalue weighted by Gasteiger charge is -2.09. The third kappa shape index (κ3) is 4.71. The van der Waals surface area contributed by atoms with Crippen LogP contribution in [0, 0.1) is 17.1 Å². The lowest BCUT2D eigenvalue weighted by molar-refractivity contribution is 0.252. The van der Waals surface area contributed by atoms with Gasteiger partial charge in [0.05, 0.1) is 29.6 Å². The van der Waals surface area contributed by atoms with Gasteiger partial charge in [0.2, 0.25) is 0 Å². The molecule has 0 aliphatic rings. The summed E-state index contributed by atoms with van der Waals surface area (Å²) >= 11 is 0. The Kier molecular flexibility index (Phi) is 6.50. The second kappa shape index (κ2) is 9.83. The Morgan fingerprint density at radius 1 is 1.15 bits per heavy atom. The Morgan fingerprint density at radius 3 is 2.65 bits per heavy atom. The zero-order valence-corrected chi connectivity index (χ0v) is 18.3. The minimum absolute atomic E-state index is 0.179. The van der Waals surface area contributed by atoms with Crippen LogP contribution in [0.1, 0.15) is 18.1 Å². The maximum Gasteiger partial charge on any atom is 0.333 e. The van der Waals surface area contributed by atoms with Gasteiger partial charge in [0, 0.05) is 24.5 Å². The van der Waals surface area contributed by atoms with Gasteiger partial charge in [0.15, 0.2) is 0 Å². The van der Waals surface area contributed by atoms with Gasteiger partial charge in [0.1, 0.15) is 11.6 Å². The Labute approximate surface area is 194 Å². The number of imidazole rings is 1. The van der Waals surface area contributed by atoms with E-state index in [9.17, 15) is 19.2 Å². The number of hydrogen-bond acceptors (Lipinski definition) is 4. The van der Waals surface area contributed by atoms with Crippen LogP contribution in [0.4, 0.5) is 15.0 Å². The van der Waals surface area contributed by atoms with Crippen molar-refractivity contribution in [1.29, 1.82) is 5.26 Å². The van der Waals surface area contributed by atoms with Crippen LogP contribution in [0.15, 0.2) is 77.9 Å². The van der Waals surface area contributed by atoms with Crippen molar-refractivity contribution >= 4 is 11.8 Å². The molecule has 0 fully saturated rings. The average molecular weight is 456 g/mol. The molecule has 0 unspecified atom stereocenters. The first kappa shape index (κ1) is 22.5. The van der Waals surface area contributed by atoms with Crippen molar-refractivity contribution in [3.05, 3.63) is 100 Å². The smallest absolute Gasteiger partial charge is 0.333 e. The molecule has 2 aromatic carbocycles. The van der Waals surface area contributed by atoms with Crippen LogP contribution >= 0.6 is 0 Å². The Balaban J connectivity index is 1.83. The summed E-state index contributed by atoms with van der Waals surface area (Å²) in [6, 6.07) is 17.8. The highest BCUT2D eigenvalue weighted by Crippen LogP contribution is 2.24. The van der Waals surface area contributed by atoms with E-state index < -0.39 is 11.8 Å². The van der Waals surface area contributed by atoms with Gasteiger partial charge in [-0.25, -0.2) is 19.0 Å². The molecule has 34 heavy (non-hydrogen) atoms. The van der Waals surface area contributed by atoms with Crippen molar-refractivity contribution in [2.75, 3.05) is 11.9 Å². The predicted octanol–water partition coefficient (Wildman–Crippen LogP) is 3.90. The predicted molar refractivity (Wildman–Crippen MR) is 126 cm³/mol. The molecular formula is C25H21FN6O2. The summed E-state index contributed by atoms with van der Waals surface area (Å²) in [6.07, 6.45) is 3.20. The summed E-state index contributed by atoms with van der Waals surface area (Å²) in [5.74, 6) is -0.109. The van der Waals surface area contributed by atoms with Crippen LogP contribution in [0.25, 0.3) is 16.9 Å². The standard InChI is InChI=1S/C25H21FN6O2/c1-2-28-24(33)30-23-13-17(11-12-29-23)22-16-31(15-19-6-4-3-5-18(19)14-27)25(34)32(22)21-9-7-20(26)8-10-21/h3-13,16H,2,15H2,1H3,(H2,28,29,30,33). The summed E-state index contributed by atoms with van der Waals surface area (Å²) in [6.45, 7) is 2.44. The monoisotopic (exact) mass is 456 g/mol. The van der Waals surface area contributed by atoms with E-state index in [2.05, 4.69) is 21.7 Å². The summed E-state index contributed by atoms with van der Waals surface area (Å²) < 4.78 is 16.5. The fraction of sp³-hybridized carbons (Fsp3) is 0.120. The van der Waals surface area contributed by atoms with Gasteiger partial charge in [-0.2, -0.15) is 5.26 Å². The molecule has 2 amide bonds. The number of nitriles is 1. The van der Waals surface area contributed by atoms with Crippen LogP contribution in [0.5, 0.6) is 0 Å². The number of pyridine rings is 1. The molecule has 0 saturated heterocycles. The van der Waals surface area contributed by atoms with Gasteiger partial charge in [-0.05, 0) is 55.0 Å². The minimum atomic E-state index is -0.418. The minimum Gasteiger partial charge on any atom is -0.338 e. The molecule has 0 atom stereocenters. The number of aromatic nitrogens is 3. The maximum atomic E-state index is 13.6. The first-order valence-electron chi connectivity index (χ1n) is 10.6. The van der Waals surface area contributed by atoms with E-state index in [-0.39, 0.29) is 12.2 Å². The fourth-order valence-electron chi connectivity index (χ4n) is 3.58. The summed E-state index contributed by atoms with van der Waals surface area (Å²) in [4.78, 5) is 29.5. The second-order valence-corrected chi connectivity index (χ2v) is 7.42. The van der Waals surface area contributed by atoms with Crippen molar-refractivity contribution in [2.45, 2.75) is 13.5 Å². The number of benzene rings is 2. The average Bonchev–Trinajstić information content (AvgIpc) is 3.16. The second-order valence-electron chi connectivity index (χ2n) is 7.42. The topological polar surface area (TPSA) is 105 Å². The molecule has 4 aromatic rings. The molecule has 0 saturated carbocycles. The third-order valence-corrected chi connectivity index (χ3v) is 5.15. The van der Waals surface area contributed by atoms with Crippen molar-refractivity contribution in [3.8, 4) is 23.0 Å². The quantitative estimate of drug-likeness (QED) is 0.459. The summed E-state index contributed by atoms with van der Waals surface area (Å²) in [5, 5.41) is 14.7. The van der Waals surface area contributed by atoms with E-state index in [1.54, 1.807) is 49.5 Å². The van der Waals surface area contributed by atoms with Gasteiger partial charge in [-0.3, -0.25) is 14.5 Å². The number of nitrogens with zero attached hydrogens (tertiary/aromatic N) is 4.